The van der Waals surface area contributed by atoms with Crippen LogP contribution in [0.1, 0.15) is 39.0 Å². The molecule has 1 saturated heterocycles. The van der Waals surface area contributed by atoms with Crippen molar-refractivity contribution in [3.05, 3.63) is 30.3 Å². The van der Waals surface area contributed by atoms with Crippen LogP contribution in [0.2, 0.25) is 0 Å². The standard InChI is InChI=1S/C20H23N5O3S/c1-2-13-8-10-20(11-9-13)17(27)25(19(28)22-20)12-15(26)21-18-24-23-16(29-18)14-6-4-3-5-7-14/h3-7,13H,2,8-12H2,1H3,(H,22,28)(H,21,24,26). The molecule has 1 saturated carbocycles. The number of aromatic nitrogens is 2. The van der Waals surface area contributed by atoms with Gasteiger partial charge in [0, 0.05) is 5.56 Å². The minimum Gasteiger partial charge on any atom is -0.323 e. The van der Waals surface area contributed by atoms with Gasteiger partial charge in [-0.1, -0.05) is 55.0 Å². The van der Waals surface area contributed by atoms with E-state index in [2.05, 4.69) is 27.8 Å². The van der Waals surface area contributed by atoms with E-state index in [1.807, 2.05) is 30.3 Å². The average molecular weight is 414 g/mol. The van der Waals surface area contributed by atoms with Crippen molar-refractivity contribution in [1.82, 2.24) is 20.4 Å². The quantitative estimate of drug-likeness (QED) is 0.733. The molecule has 0 unspecified atom stereocenters. The highest BCUT2D eigenvalue weighted by molar-refractivity contribution is 7.18. The maximum Gasteiger partial charge on any atom is 0.325 e. The first kappa shape index (κ1) is 19.5. The number of amides is 4. The van der Waals surface area contributed by atoms with Crippen LogP contribution in [0.4, 0.5) is 9.93 Å². The van der Waals surface area contributed by atoms with E-state index in [0.717, 1.165) is 29.7 Å². The number of hydrogen-bond acceptors (Lipinski definition) is 6. The Morgan fingerprint density at radius 3 is 2.66 bits per heavy atom. The minimum absolute atomic E-state index is 0.297. The fourth-order valence-corrected chi connectivity index (χ4v) is 4.78. The van der Waals surface area contributed by atoms with E-state index in [0.29, 0.717) is 28.9 Å². The molecular weight excluding hydrogens is 390 g/mol. The molecule has 1 spiro atoms. The molecular formula is C20H23N5O3S. The molecule has 0 radical (unpaired) electrons. The number of hydrogen-bond donors (Lipinski definition) is 2. The second-order valence-electron chi connectivity index (χ2n) is 7.58. The normalized spacial score (nSPS) is 24.0. The summed E-state index contributed by atoms with van der Waals surface area (Å²) >= 11 is 1.24. The van der Waals surface area contributed by atoms with Gasteiger partial charge in [-0.15, -0.1) is 10.2 Å². The molecule has 152 valence electrons. The van der Waals surface area contributed by atoms with Gasteiger partial charge in [-0.2, -0.15) is 0 Å². The second kappa shape index (κ2) is 7.90. The van der Waals surface area contributed by atoms with Crippen molar-refractivity contribution < 1.29 is 14.4 Å². The van der Waals surface area contributed by atoms with Gasteiger partial charge in [0.05, 0.1) is 0 Å². The number of nitrogens with one attached hydrogen (secondary N) is 2. The average Bonchev–Trinajstić information content (AvgIpc) is 3.28. The minimum atomic E-state index is -0.841. The Labute approximate surface area is 172 Å². The third kappa shape index (κ3) is 3.87. The van der Waals surface area contributed by atoms with Crippen LogP contribution in [0.3, 0.4) is 0 Å². The molecule has 4 rings (SSSR count). The Kier molecular flexibility index (Phi) is 5.31. The molecule has 4 amide bonds. The zero-order chi connectivity index (χ0) is 20.4. The van der Waals surface area contributed by atoms with Crippen LogP contribution in [-0.4, -0.2) is 45.0 Å². The molecule has 1 aromatic carbocycles. The number of carbonyl (C=O) groups excluding carboxylic acids is 3. The number of benzene rings is 1. The summed E-state index contributed by atoms with van der Waals surface area (Å²) in [5, 5.41) is 14.6. The van der Waals surface area contributed by atoms with Crippen molar-refractivity contribution in [3.63, 3.8) is 0 Å². The summed E-state index contributed by atoms with van der Waals surface area (Å²) in [5.74, 6) is -0.170. The van der Waals surface area contributed by atoms with Crippen molar-refractivity contribution in [3.8, 4) is 10.6 Å². The molecule has 2 fully saturated rings. The first-order valence-electron chi connectivity index (χ1n) is 9.83. The van der Waals surface area contributed by atoms with Gasteiger partial charge >= 0.3 is 6.03 Å². The highest BCUT2D eigenvalue weighted by atomic mass is 32.1. The van der Waals surface area contributed by atoms with Crippen LogP contribution in [0.5, 0.6) is 0 Å². The zero-order valence-electron chi connectivity index (χ0n) is 16.2. The summed E-state index contributed by atoms with van der Waals surface area (Å²) in [5.41, 5.74) is 0.0657. The zero-order valence-corrected chi connectivity index (χ0v) is 17.0. The van der Waals surface area contributed by atoms with Crippen LogP contribution in [0.25, 0.3) is 10.6 Å². The van der Waals surface area contributed by atoms with Gasteiger partial charge in [-0.25, -0.2) is 4.79 Å². The molecule has 2 N–H and O–H groups in total. The largest absolute Gasteiger partial charge is 0.325 e. The predicted molar refractivity (Wildman–Crippen MR) is 109 cm³/mol. The molecule has 9 heteroatoms. The van der Waals surface area contributed by atoms with Crippen molar-refractivity contribution in [1.29, 1.82) is 0 Å². The Hall–Kier alpha value is -2.81. The molecule has 2 aromatic rings. The lowest BCUT2D eigenvalue weighted by molar-refractivity contribution is -0.135. The molecule has 8 nitrogen and oxygen atoms in total. The molecule has 1 aromatic heterocycles. The molecule has 0 atom stereocenters. The third-order valence-electron chi connectivity index (χ3n) is 5.78. The fraction of sp³-hybridized carbons (Fsp3) is 0.450. The van der Waals surface area contributed by atoms with Gasteiger partial charge in [-0.05, 0) is 31.6 Å². The predicted octanol–water partition coefficient (Wildman–Crippen LogP) is 3.03. The monoisotopic (exact) mass is 413 g/mol. The maximum atomic E-state index is 12.9. The van der Waals surface area contributed by atoms with Crippen LogP contribution in [0.15, 0.2) is 30.3 Å². The summed E-state index contributed by atoms with van der Waals surface area (Å²) in [7, 11) is 0. The lowest BCUT2D eigenvalue weighted by Crippen LogP contribution is -2.49. The van der Waals surface area contributed by atoms with Crippen LogP contribution in [-0.2, 0) is 9.59 Å². The maximum absolute atomic E-state index is 12.9. The van der Waals surface area contributed by atoms with Crippen molar-refractivity contribution in [2.45, 2.75) is 44.6 Å². The van der Waals surface area contributed by atoms with E-state index in [-0.39, 0.29) is 12.5 Å². The highest BCUT2D eigenvalue weighted by Crippen LogP contribution is 2.37. The van der Waals surface area contributed by atoms with E-state index in [4.69, 9.17) is 0 Å². The van der Waals surface area contributed by atoms with Crippen molar-refractivity contribution >= 4 is 34.3 Å². The van der Waals surface area contributed by atoms with Crippen molar-refractivity contribution in [2.75, 3.05) is 11.9 Å². The summed E-state index contributed by atoms with van der Waals surface area (Å²) in [6, 6.07) is 9.03. The lowest BCUT2D eigenvalue weighted by atomic mass is 9.75. The van der Waals surface area contributed by atoms with Gasteiger partial charge in [-0.3, -0.25) is 19.8 Å². The smallest absolute Gasteiger partial charge is 0.323 e. The third-order valence-corrected chi connectivity index (χ3v) is 6.66. The van der Waals surface area contributed by atoms with Crippen LogP contribution >= 0.6 is 11.3 Å². The van der Waals surface area contributed by atoms with Gasteiger partial charge in [0.1, 0.15) is 17.1 Å². The number of nitrogens with zero attached hydrogens (tertiary/aromatic N) is 3. The first-order chi connectivity index (χ1) is 14.0. The molecule has 1 aliphatic carbocycles. The first-order valence-corrected chi connectivity index (χ1v) is 10.7. The lowest BCUT2D eigenvalue weighted by Gasteiger charge is -2.34. The summed E-state index contributed by atoms with van der Waals surface area (Å²) < 4.78 is 0. The van der Waals surface area contributed by atoms with Gasteiger partial charge in [0.15, 0.2) is 0 Å². The number of urea groups is 1. The molecule has 1 aliphatic heterocycles. The number of carbonyl (C=O) groups is 3. The second-order valence-corrected chi connectivity index (χ2v) is 8.56. The Morgan fingerprint density at radius 1 is 1.24 bits per heavy atom. The fourth-order valence-electron chi connectivity index (χ4n) is 4.01. The van der Waals surface area contributed by atoms with Crippen LogP contribution in [0, 0.1) is 5.92 Å². The van der Waals surface area contributed by atoms with Gasteiger partial charge in [0.2, 0.25) is 11.0 Å². The summed E-state index contributed by atoms with van der Waals surface area (Å²) in [6.07, 6.45) is 4.17. The van der Waals surface area contributed by atoms with Crippen LogP contribution < -0.4 is 10.6 Å². The summed E-state index contributed by atoms with van der Waals surface area (Å²) in [4.78, 5) is 38.7. The Morgan fingerprint density at radius 2 is 1.97 bits per heavy atom. The number of rotatable bonds is 5. The Bertz CT molecular complexity index is 921. The van der Waals surface area contributed by atoms with E-state index in [1.54, 1.807) is 0 Å². The van der Waals surface area contributed by atoms with E-state index < -0.39 is 17.5 Å². The highest BCUT2D eigenvalue weighted by Gasteiger charge is 2.52. The van der Waals surface area contributed by atoms with Gasteiger partial charge in [0.25, 0.3) is 5.91 Å². The summed E-state index contributed by atoms with van der Waals surface area (Å²) in [6.45, 7) is 1.81. The van der Waals surface area contributed by atoms with E-state index in [1.165, 1.54) is 11.3 Å². The number of anilines is 1. The number of imide groups is 1. The molecule has 29 heavy (non-hydrogen) atoms. The Balaban J connectivity index is 1.38. The SMILES string of the molecule is CCC1CCC2(CC1)NC(=O)N(CC(=O)Nc1nnc(-c3ccccc3)s1)C2=O. The van der Waals surface area contributed by atoms with Gasteiger partial charge < -0.3 is 5.32 Å². The van der Waals surface area contributed by atoms with E-state index in [9.17, 15) is 14.4 Å². The topological polar surface area (TPSA) is 104 Å². The van der Waals surface area contributed by atoms with Crippen molar-refractivity contribution in [2.24, 2.45) is 5.92 Å². The van der Waals surface area contributed by atoms with E-state index >= 15 is 0 Å². The molecule has 2 aliphatic rings. The molecule has 0 bridgehead atoms. The molecule has 2 heterocycles.